The number of sulfonamides is 1. The van der Waals surface area contributed by atoms with Gasteiger partial charge in [0.05, 0.1) is 29.1 Å². The Morgan fingerprint density at radius 3 is 2.58 bits per heavy atom. The first-order valence-corrected chi connectivity index (χ1v) is 15.1. The lowest BCUT2D eigenvalue weighted by molar-refractivity contribution is 0.0830. The van der Waals surface area contributed by atoms with Crippen LogP contribution in [0, 0.1) is 5.92 Å². The van der Waals surface area contributed by atoms with Gasteiger partial charge in [-0.3, -0.25) is 9.10 Å². The monoisotopic (exact) mass is 540 g/mol. The molecule has 0 aliphatic carbocycles. The number of aryl methyl sites for hydroxylation is 2. The zero-order valence-electron chi connectivity index (χ0n) is 22.8. The molecule has 0 bridgehead atoms. The van der Waals surface area contributed by atoms with Crippen molar-refractivity contribution in [3.05, 3.63) is 65.4 Å². The van der Waals surface area contributed by atoms with Crippen molar-refractivity contribution in [2.75, 3.05) is 30.2 Å². The van der Waals surface area contributed by atoms with Crippen LogP contribution in [0.3, 0.4) is 0 Å². The van der Waals surface area contributed by atoms with Gasteiger partial charge in [0.15, 0.2) is 0 Å². The third kappa shape index (κ3) is 6.22. The van der Waals surface area contributed by atoms with Gasteiger partial charge in [-0.1, -0.05) is 44.2 Å². The van der Waals surface area contributed by atoms with Crippen LogP contribution in [0.15, 0.2) is 48.7 Å². The van der Waals surface area contributed by atoms with Gasteiger partial charge >= 0.3 is 0 Å². The second kappa shape index (κ2) is 11.9. The summed E-state index contributed by atoms with van der Waals surface area (Å²) in [6, 6.07) is 12.7. The van der Waals surface area contributed by atoms with E-state index in [1.54, 1.807) is 13.1 Å². The van der Waals surface area contributed by atoms with Gasteiger partial charge < -0.3 is 20.3 Å². The van der Waals surface area contributed by atoms with Crippen LogP contribution < -0.4 is 14.9 Å². The Kier molecular flexibility index (Phi) is 8.80. The van der Waals surface area contributed by atoms with Gasteiger partial charge in [-0.15, -0.1) is 0 Å². The molecule has 8 nitrogen and oxygen atoms in total. The first-order valence-electron chi connectivity index (χ1n) is 13.5. The predicted octanol–water partition coefficient (Wildman–Crippen LogP) is 3.32. The molecule has 1 amide bonds. The van der Waals surface area contributed by atoms with Gasteiger partial charge in [0, 0.05) is 37.3 Å². The summed E-state index contributed by atoms with van der Waals surface area (Å²) >= 11 is 0. The van der Waals surface area contributed by atoms with Crippen molar-refractivity contribution in [1.82, 2.24) is 15.2 Å². The van der Waals surface area contributed by atoms with Crippen LogP contribution in [0.5, 0.6) is 0 Å². The van der Waals surface area contributed by atoms with E-state index in [9.17, 15) is 18.3 Å². The molecule has 1 aromatic heterocycles. The maximum Gasteiger partial charge on any atom is 0.251 e. The molecule has 2 aromatic carbocycles. The largest absolute Gasteiger partial charge is 0.390 e. The number of nitrogens with one attached hydrogen (secondary N) is 2. The molecule has 9 heteroatoms. The van der Waals surface area contributed by atoms with E-state index < -0.39 is 22.2 Å². The Morgan fingerprint density at radius 2 is 1.89 bits per heavy atom. The van der Waals surface area contributed by atoms with Crippen molar-refractivity contribution in [1.29, 1.82) is 0 Å². The summed E-state index contributed by atoms with van der Waals surface area (Å²) in [5, 5.41) is 18.3. The van der Waals surface area contributed by atoms with Crippen molar-refractivity contribution in [3.63, 3.8) is 0 Å². The summed E-state index contributed by atoms with van der Waals surface area (Å²) in [7, 11) is -1.95. The number of hydrogen-bond acceptors (Lipinski definition) is 5. The van der Waals surface area contributed by atoms with Crippen molar-refractivity contribution >= 4 is 32.5 Å². The van der Waals surface area contributed by atoms with Crippen LogP contribution in [0.2, 0.25) is 0 Å². The van der Waals surface area contributed by atoms with E-state index in [-0.39, 0.29) is 11.7 Å². The van der Waals surface area contributed by atoms with Gasteiger partial charge in [-0.2, -0.15) is 0 Å². The SMILES string of the molecule is CCn1cc2c3c(cc(C(=O)N[C@@H](Cc4ccccc4)[C@H](O)CNCCC(C)C)cc31)N(C)S(=O)(=O)CC2. The molecule has 0 saturated heterocycles. The van der Waals surface area contributed by atoms with E-state index >= 15 is 0 Å². The van der Waals surface area contributed by atoms with Crippen LogP contribution >= 0.6 is 0 Å². The fraction of sp³-hybridized carbons (Fsp3) is 0.483. The molecule has 4 rings (SSSR count). The van der Waals surface area contributed by atoms with E-state index in [1.807, 2.05) is 49.5 Å². The summed E-state index contributed by atoms with van der Waals surface area (Å²) in [6.45, 7) is 8.19. The minimum Gasteiger partial charge on any atom is -0.390 e. The number of rotatable bonds is 11. The molecule has 2 atom stereocenters. The number of aliphatic hydroxyl groups excluding tert-OH is 1. The summed E-state index contributed by atoms with van der Waals surface area (Å²) in [6.07, 6.45) is 3.10. The number of hydrogen-bond donors (Lipinski definition) is 3. The number of carbonyl (C=O) groups is 1. The summed E-state index contributed by atoms with van der Waals surface area (Å²) in [5.41, 5.74) is 3.71. The normalized spacial score (nSPS) is 16.4. The van der Waals surface area contributed by atoms with Gasteiger partial charge in [-0.05, 0) is 61.9 Å². The zero-order valence-corrected chi connectivity index (χ0v) is 23.6. The third-order valence-electron chi connectivity index (χ3n) is 7.36. The lowest BCUT2D eigenvalue weighted by Crippen LogP contribution is -2.49. The number of anilines is 1. The predicted molar refractivity (Wildman–Crippen MR) is 153 cm³/mol. The summed E-state index contributed by atoms with van der Waals surface area (Å²) in [5.74, 6) is 0.243. The smallest absolute Gasteiger partial charge is 0.251 e. The van der Waals surface area contributed by atoms with E-state index in [2.05, 4.69) is 29.0 Å². The number of carbonyl (C=O) groups excluding carboxylic acids is 1. The van der Waals surface area contributed by atoms with Crippen LogP contribution in [-0.2, 0) is 29.4 Å². The maximum atomic E-state index is 13.6. The highest BCUT2D eigenvalue weighted by atomic mass is 32.2. The van der Waals surface area contributed by atoms with Crippen molar-refractivity contribution in [3.8, 4) is 0 Å². The molecule has 3 aromatic rings. The molecule has 0 saturated carbocycles. The Bertz CT molecular complexity index is 1370. The highest BCUT2D eigenvalue weighted by molar-refractivity contribution is 7.92. The highest BCUT2D eigenvalue weighted by Crippen LogP contribution is 2.36. The molecule has 1 aliphatic rings. The van der Waals surface area contributed by atoms with Gasteiger partial charge in [-0.25, -0.2) is 8.42 Å². The first kappa shape index (κ1) is 28.1. The molecule has 2 heterocycles. The molecule has 206 valence electrons. The van der Waals surface area contributed by atoms with Crippen molar-refractivity contribution in [2.24, 2.45) is 5.92 Å². The molecule has 0 unspecified atom stereocenters. The topological polar surface area (TPSA) is 104 Å². The number of benzene rings is 2. The molecule has 0 spiro atoms. The Labute approximate surface area is 226 Å². The van der Waals surface area contributed by atoms with Crippen LogP contribution in [0.1, 0.15) is 48.7 Å². The number of amides is 1. The lowest BCUT2D eigenvalue weighted by Gasteiger charge is -2.25. The quantitative estimate of drug-likeness (QED) is 0.324. The molecule has 38 heavy (non-hydrogen) atoms. The van der Waals surface area contributed by atoms with Crippen molar-refractivity contribution in [2.45, 2.75) is 58.7 Å². The van der Waals surface area contributed by atoms with E-state index in [0.29, 0.717) is 43.1 Å². The third-order valence-corrected chi connectivity index (χ3v) is 9.11. The molecule has 0 fully saturated rings. The highest BCUT2D eigenvalue weighted by Gasteiger charge is 2.29. The molecule has 0 radical (unpaired) electrons. The molecule has 3 N–H and O–H groups in total. The maximum absolute atomic E-state index is 13.6. The minimum absolute atomic E-state index is 0.0255. The minimum atomic E-state index is -3.50. The molecule has 1 aliphatic heterocycles. The van der Waals surface area contributed by atoms with Crippen LogP contribution in [0.25, 0.3) is 10.9 Å². The van der Waals surface area contributed by atoms with E-state index in [4.69, 9.17) is 0 Å². The zero-order chi connectivity index (χ0) is 27.4. The number of nitrogens with zero attached hydrogens (tertiary/aromatic N) is 2. The van der Waals surface area contributed by atoms with Gasteiger partial charge in [0.2, 0.25) is 10.0 Å². The average Bonchev–Trinajstić information content (AvgIpc) is 3.22. The van der Waals surface area contributed by atoms with Crippen LogP contribution in [0.4, 0.5) is 5.69 Å². The Morgan fingerprint density at radius 1 is 1.16 bits per heavy atom. The number of aliphatic hydroxyl groups is 1. The van der Waals surface area contributed by atoms with E-state index in [1.165, 1.54) is 4.31 Å². The fourth-order valence-electron chi connectivity index (χ4n) is 5.03. The summed E-state index contributed by atoms with van der Waals surface area (Å²) < 4.78 is 29.1. The second-order valence-electron chi connectivity index (χ2n) is 10.6. The Balaban J connectivity index is 1.64. The fourth-order valence-corrected chi connectivity index (χ4v) is 6.23. The van der Waals surface area contributed by atoms with Gasteiger partial charge in [0.25, 0.3) is 5.91 Å². The Hall–Kier alpha value is -2.88. The van der Waals surface area contributed by atoms with Gasteiger partial charge in [0.1, 0.15) is 0 Å². The van der Waals surface area contributed by atoms with Crippen LogP contribution in [-0.4, -0.2) is 62.0 Å². The lowest BCUT2D eigenvalue weighted by atomic mass is 9.99. The second-order valence-corrected chi connectivity index (χ2v) is 12.7. The average molecular weight is 541 g/mol. The van der Waals surface area contributed by atoms with E-state index in [0.717, 1.165) is 35.0 Å². The standard InChI is InChI=1S/C29H40N4O4S/c1-5-33-19-22-12-14-38(36,37)32(4)25-16-23(17-26(33)28(22)25)29(35)31-24(15-21-9-7-6-8-10-21)27(34)18-30-13-11-20(2)3/h6-10,16-17,19-20,24,27,30,34H,5,11-15,18H2,1-4H3,(H,31,35)/t24-,27+/m0/s1. The van der Waals surface area contributed by atoms with Crippen molar-refractivity contribution < 1.29 is 18.3 Å². The molecular weight excluding hydrogens is 500 g/mol. The first-order chi connectivity index (χ1) is 18.1. The number of aromatic nitrogens is 1. The summed E-state index contributed by atoms with van der Waals surface area (Å²) in [4.78, 5) is 13.6. The molecular formula is C29H40N4O4S.